The Hall–Kier alpha value is -5.79. The van der Waals surface area contributed by atoms with Crippen LogP contribution in [0.2, 0.25) is 0 Å². The Morgan fingerprint density at radius 3 is 1.19 bits per heavy atom. The number of carbonyl (C=O) groups excluding carboxylic acids is 8. The van der Waals surface area contributed by atoms with E-state index < -0.39 is 141 Å². The normalized spacial score (nSPS) is 15.5. The molecule has 0 spiro atoms. The molecule has 1 rings (SSSR count). The van der Waals surface area contributed by atoms with Crippen molar-refractivity contribution in [1.29, 1.82) is 0 Å². The molecular weight excluding hydrogens is 822 g/mol. The van der Waals surface area contributed by atoms with E-state index in [1.807, 2.05) is 24.5 Å². The molecule has 0 aliphatic heterocycles. The number of benzene rings is 1. The second-order valence-corrected chi connectivity index (χ2v) is 15.0. The molecule has 0 unspecified atom stereocenters. The SMILES string of the molecule is CC(C)C[C@H](NC(=O)[C@@H](N)C(C)C)C(=O)N[C@@H](Cc1ccccc1)C(=O)N[C@@H](CO)C(=O)N[C@@H](CO)C(=O)N[C@@H](C)C(=O)N[C@@H](CO)C(=O)N[C@@H](CO)C(=O)N[C@@H](CO)C(=O)O. The van der Waals surface area contributed by atoms with Gasteiger partial charge in [0.25, 0.3) is 0 Å². The van der Waals surface area contributed by atoms with E-state index in [4.69, 9.17) is 15.9 Å². The fourth-order valence-corrected chi connectivity index (χ4v) is 5.33. The average molecular weight is 884 g/mol. The van der Waals surface area contributed by atoms with Crippen molar-refractivity contribution in [3.05, 3.63) is 35.9 Å². The minimum atomic E-state index is -1.78. The zero-order chi connectivity index (χ0) is 47.3. The zero-order valence-corrected chi connectivity index (χ0v) is 35.1. The maximum Gasteiger partial charge on any atom is 0.328 e. The van der Waals surface area contributed by atoms with Crippen molar-refractivity contribution in [3.63, 3.8) is 0 Å². The molecule has 0 aliphatic rings. The number of hydrogen-bond acceptors (Lipinski definition) is 15. The van der Waals surface area contributed by atoms with Gasteiger partial charge in [-0.15, -0.1) is 0 Å². The first kappa shape index (κ1) is 54.2. The van der Waals surface area contributed by atoms with Gasteiger partial charge in [0.05, 0.1) is 39.1 Å². The largest absolute Gasteiger partial charge is 0.480 e. The van der Waals surface area contributed by atoms with Crippen molar-refractivity contribution >= 4 is 53.2 Å². The summed E-state index contributed by atoms with van der Waals surface area (Å²) in [5, 5.41) is 75.2. The van der Waals surface area contributed by atoms with Crippen LogP contribution in [0.1, 0.15) is 46.6 Å². The highest BCUT2D eigenvalue weighted by Gasteiger charge is 2.34. The molecule has 0 aliphatic carbocycles. The highest BCUT2D eigenvalue weighted by molar-refractivity contribution is 5.98. The van der Waals surface area contributed by atoms with Gasteiger partial charge in [-0.25, -0.2) is 4.79 Å². The number of aliphatic carboxylic acids is 1. The predicted octanol–water partition coefficient (Wildman–Crippen LogP) is -6.80. The van der Waals surface area contributed by atoms with Crippen LogP contribution >= 0.6 is 0 Å². The molecule has 62 heavy (non-hydrogen) atoms. The van der Waals surface area contributed by atoms with E-state index >= 15 is 0 Å². The summed E-state index contributed by atoms with van der Waals surface area (Å²) in [6.45, 7) is 3.02. The molecule has 16 N–H and O–H groups in total. The summed E-state index contributed by atoms with van der Waals surface area (Å²) in [6.07, 6.45) is 0.0867. The number of hydrogen-bond donors (Lipinski definition) is 15. The first-order valence-electron chi connectivity index (χ1n) is 19.6. The lowest BCUT2D eigenvalue weighted by atomic mass is 9.99. The van der Waals surface area contributed by atoms with E-state index in [0.29, 0.717) is 5.56 Å². The van der Waals surface area contributed by atoms with Crippen LogP contribution in [0.25, 0.3) is 0 Å². The van der Waals surface area contributed by atoms with Crippen molar-refractivity contribution in [2.24, 2.45) is 17.6 Å². The molecule has 0 aromatic heterocycles. The zero-order valence-electron chi connectivity index (χ0n) is 35.1. The third-order valence-electron chi connectivity index (χ3n) is 9.09. The van der Waals surface area contributed by atoms with Crippen LogP contribution in [0.5, 0.6) is 0 Å². The summed E-state index contributed by atoms with van der Waals surface area (Å²) >= 11 is 0. The van der Waals surface area contributed by atoms with E-state index in [-0.39, 0.29) is 24.7 Å². The van der Waals surface area contributed by atoms with E-state index in [1.54, 1.807) is 44.2 Å². The smallest absolute Gasteiger partial charge is 0.328 e. The number of carboxylic acid groups (broad SMARTS) is 1. The van der Waals surface area contributed by atoms with Crippen molar-refractivity contribution in [2.45, 2.75) is 102 Å². The highest BCUT2D eigenvalue weighted by Crippen LogP contribution is 2.10. The van der Waals surface area contributed by atoms with E-state index in [2.05, 4.69) is 31.9 Å². The van der Waals surface area contributed by atoms with Crippen LogP contribution in [0.15, 0.2) is 30.3 Å². The van der Waals surface area contributed by atoms with Gasteiger partial charge in [-0.1, -0.05) is 58.0 Å². The van der Waals surface area contributed by atoms with Crippen molar-refractivity contribution in [2.75, 3.05) is 33.0 Å². The topological polar surface area (TPSA) is 397 Å². The number of nitrogens with one attached hydrogen (secondary N) is 8. The van der Waals surface area contributed by atoms with Gasteiger partial charge >= 0.3 is 5.97 Å². The summed E-state index contributed by atoms with van der Waals surface area (Å²) in [5.41, 5.74) is 6.58. The lowest BCUT2D eigenvalue weighted by Gasteiger charge is -2.27. The first-order chi connectivity index (χ1) is 29.1. The predicted molar refractivity (Wildman–Crippen MR) is 217 cm³/mol. The monoisotopic (exact) mass is 883 g/mol. The summed E-state index contributed by atoms with van der Waals surface area (Å²) in [5.74, 6) is -10.0. The molecule has 1 aromatic carbocycles. The van der Waals surface area contributed by atoms with E-state index in [1.165, 1.54) is 0 Å². The van der Waals surface area contributed by atoms with Crippen LogP contribution in [-0.4, -0.2) is 171 Å². The molecule has 0 radical (unpaired) electrons. The molecule has 9 atom stereocenters. The molecule has 0 fully saturated rings. The van der Waals surface area contributed by atoms with Crippen LogP contribution in [-0.2, 0) is 49.6 Å². The van der Waals surface area contributed by atoms with E-state index in [0.717, 1.165) is 6.92 Å². The van der Waals surface area contributed by atoms with Gasteiger partial charge < -0.3 is 78.9 Å². The Labute approximate surface area is 357 Å². The van der Waals surface area contributed by atoms with Crippen LogP contribution in [0.3, 0.4) is 0 Å². The molecule has 348 valence electrons. The third-order valence-corrected chi connectivity index (χ3v) is 9.09. The first-order valence-corrected chi connectivity index (χ1v) is 19.6. The maximum atomic E-state index is 13.7. The summed E-state index contributed by atoms with van der Waals surface area (Å²) in [7, 11) is 0. The number of carboxylic acids is 1. The summed E-state index contributed by atoms with van der Waals surface area (Å²) in [4.78, 5) is 115. The van der Waals surface area contributed by atoms with E-state index in [9.17, 15) is 63.6 Å². The van der Waals surface area contributed by atoms with Crippen molar-refractivity contribution in [1.82, 2.24) is 42.5 Å². The van der Waals surface area contributed by atoms with Crippen molar-refractivity contribution < 1.29 is 73.8 Å². The molecular formula is C38H61N9O15. The van der Waals surface area contributed by atoms with Gasteiger partial charge in [-0.3, -0.25) is 38.4 Å². The maximum absolute atomic E-state index is 13.7. The Morgan fingerprint density at radius 2 is 0.806 bits per heavy atom. The number of rotatable bonds is 27. The molecule has 24 heteroatoms. The van der Waals surface area contributed by atoms with Gasteiger partial charge in [-0.2, -0.15) is 0 Å². The molecule has 0 saturated heterocycles. The number of aliphatic hydroxyl groups is 5. The molecule has 0 heterocycles. The lowest BCUT2D eigenvalue weighted by Crippen LogP contribution is -2.61. The molecule has 24 nitrogen and oxygen atoms in total. The standard InChI is InChI=1S/C38H61N9O15/c1-18(2)11-22(42-37(60)29(39)19(3)4)31(54)41-23(12-21-9-7-6-8-10-21)32(55)44-26(15-50)35(58)45-24(13-48)33(56)40-20(5)30(53)43-25(14-49)34(57)46-27(16-51)36(59)47-28(17-52)38(61)62/h6-10,18-20,22-29,48-52H,11-17,39H2,1-5H3,(H,40,56)(H,41,54)(H,42,60)(H,43,53)(H,44,55)(H,45,58)(H,46,57)(H,47,59)(H,61,62)/t20-,22-,23-,24-,25-,26-,27-,28-,29-/m0/s1. The minimum absolute atomic E-state index is 0.0774. The highest BCUT2D eigenvalue weighted by atomic mass is 16.4. The molecule has 1 aromatic rings. The van der Waals surface area contributed by atoms with Gasteiger partial charge in [-0.05, 0) is 30.7 Å². The second kappa shape index (κ2) is 27.2. The summed E-state index contributed by atoms with van der Waals surface area (Å²) < 4.78 is 0. The Kier molecular flexibility index (Phi) is 23.8. The Balaban J connectivity index is 3.07. The van der Waals surface area contributed by atoms with Crippen LogP contribution < -0.4 is 48.3 Å². The quantitative estimate of drug-likeness (QED) is 0.0390. The second-order valence-electron chi connectivity index (χ2n) is 15.0. The third kappa shape index (κ3) is 18.1. The van der Waals surface area contributed by atoms with Gasteiger partial charge in [0.1, 0.15) is 48.3 Å². The number of nitrogens with two attached hydrogens (primary N) is 1. The fourth-order valence-electron chi connectivity index (χ4n) is 5.33. The van der Waals surface area contributed by atoms with Gasteiger partial charge in [0.15, 0.2) is 0 Å². The van der Waals surface area contributed by atoms with Gasteiger partial charge in [0, 0.05) is 6.42 Å². The lowest BCUT2D eigenvalue weighted by molar-refractivity contribution is -0.143. The molecule has 8 amide bonds. The Bertz CT molecular complexity index is 1680. The van der Waals surface area contributed by atoms with Crippen LogP contribution in [0.4, 0.5) is 0 Å². The van der Waals surface area contributed by atoms with Crippen LogP contribution in [0, 0.1) is 11.8 Å². The summed E-state index contributed by atoms with van der Waals surface area (Å²) in [6, 6.07) is -5.29. The minimum Gasteiger partial charge on any atom is -0.480 e. The average Bonchev–Trinajstić information content (AvgIpc) is 3.23. The van der Waals surface area contributed by atoms with Gasteiger partial charge in [0.2, 0.25) is 47.3 Å². The van der Waals surface area contributed by atoms with Crippen molar-refractivity contribution in [3.8, 4) is 0 Å². The number of aliphatic hydroxyl groups excluding tert-OH is 5. The number of amides is 8. The Morgan fingerprint density at radius 1 is 0.468 bits per heavy atom. The fraction of sp³-hybridized carbons (Fsp3) is 0.605. The number of carbonyl (C=O) groups is 9. The molecule has 0 bridgehead atoms. The molecule has 0 saturated carbocycles.